The van der Waals surface area contributed by atoms with Gasteiger partial charge in [0.05, 0.1) is 11.7 Å². The second-order valence-electron chi connectivity index (χ2n) is 6.05. The van der Waals surface area contributed by atoms with Crippen molar-refractivity contribution in [3.63, 3.8) is 0 Å². The maximum absolute atomic E-state index is 12.7. The fourth-order valence-electron chi connectivity index (χ4n) is 3.08. The highest BCUT2D eigenvalue weighted by Gasteiger charge is 2.28. The first kappa shape index (κ1) is 16.2. The van der Waals surface area contributed by atoms with E-state index in [1.165, 1.54) is 10.8 Å². The molecule has 126 valence electrons. The van der Waals surface area contributed by atoms with Crippen LogP contribution in [0, 0.1) is 6.92 Å². The number of aryl methyl sites for hydroxylation is 1. The number of pyridine rings is 1. The zero-order chi connectivity index (χ0) is 17.1. The number of hydrogen-bond donors (Lipinski definition) is 1. The molecule has 0 aliphatic carbocycles. The van der Waals surface area contributed by atoms with E-state index in [-0.39, 0.29) is 18.5 Å². The molecule has 1 amide bonds. The van der Waals surface area contributed by atoms with Crippen LogP contribution in [0.2, 0.25) is 0 Å². The van der Waals surface area contributed by atoms with Crippen molar-refractivity contribution in [3.05, 3.63) is 62.7 Å². The van der Waals surface area contributed by atoms with Crippen LogP contribution < -0.4 is 11.2 Å². The van der Waals surface area contributed by atoms with Gasteiger partial charge in [0, 0.05) is 24.5 Å². The molecule has 1 N–H and O–H groups in total. The third kappa shape index (κ3) is 3.29. The van der Waals surface area contributed by atoms with Gasteiger partial charge >= 0.3 is 5.69 Å². The third-order valence-electron chi connectivity index (χ3n) is 4.35. The van der Waals surface area contributed by atoms with Gasteiger partial charge in [-0.05, 0) is 38.3 Å². The lowest BCUT2D eigenvalue weighted by atomic mass is 9.98. The third-order valence-corrected chi connectivity index (χ3v) is 4.35. The molecule has 1 aliphatic heterocycles. The predicted octanol–water partition coefficient (Wildman–Crippen LogP) is 0.994. The highest BCUT2D eigenvalue weighted by Crippen LogP contribution is 2.29. The standard InChI is InChI=1S/C17H20N4O3/c1-12-10-20(17(24)19-16(12)23)11-15(22)21-9-5-3-7-14(21)13-6-2-4-8-18-13/h2,4,6,8,10,14H,3,5,7,9,11H2,1H3,(H,19,23,24). The first-order valence-corrected chi connectivity index (χ1v) is 8.07. The van der Waals surface area contributed by atoms with E-state index in [0.717, 1.165) is 25.0 Å². The van der Waals surface area contributed by atoms with Gasteiger partial charge in [0.25, 0.3) is 5.56 Å². The Kier molecular flexibility index (Phi) is 4.59. The number of aromatic amines is 1. The van der Waals surface area contributed by atoms with Gasteiger partial charge in [-0.15, -0.1) is 0 Å². The van der Waals surface area contributed by atoms with Crippen LogP contribution in [0.3, 0.4) is 0 Å². The first-order chi connectivity index (χ1) is 11.6. The number of nitrogens with zero attached hydrogens (tertiary/aromatic N) is 3. The summed E-state index contributed by atoms with van der Waals surface area (Å²) >= 11 is 0. The zero-order valence-corrected chi connectivity index (χ0v) is 13.6. The van der Waals surface area contributed by atoms with Gasteiger partial charge < -0.3 is 4.90 Å². The summed E-state index contributed by atoms with van der Waals surface area (Å²) in [6.07, 6.45) is 6.00. The van der Waals surface area contributed by atoms with E-state index < -0.39 is 11.2 Å². The lowest BCUT2D eigenvalue weighted by Gasteiger charge is -2.35. The van der Waals surface area contributed by atoms with E-state index in [2.05, 4.69) is 9.97 Å². The molecule has 0 radical (unpaired) electrons. The average Bonchev–Trinajstić information content (AvgIpc) is 2.60. The normalized spacial score (nSPS) is 17.7. The Morgan fingerprint density at radius 3 is 2.92 bits per heavy atom. The fourth-order valence-corrected chi connectivity index (χ4v) is 3.08. The highest BCUT2D eigenvalue weighted by molar-refractivity contribution is 5.76. The lowest BCUT2D eigenvalue weighted by Crippen LogP contribution is -2.43. The molecule has 24 heavy (non-hydrogen) atoms. The molecular formula is C17H20N4O3. The van der Waals surface area contributed by atoms with Gasteiger partial charge in [0.2, 0.25) is 5.91 Å². The molecule has 0 saturated carbocycles. The van der Waals surface area contributed by atoms with Gasteiger partial charge in [-0.2, -0.15) is 0 Å². The Morgan fingerprint density at radius 2 is 2.17 bits per heavy atom. The molecule has 0 spiro atoms. The molecule has 1 unspecified atom stereocenters. The van der Waals surface area contributed by atoms with Crippen LogP contribution in [0.15, 0.2) is 40.2 Å². The molecule has 2 aromatic rings. The molecule has 1 fully saturated rings. The molecule has 2 aromatic heterocycles. The van der Waals surface area contributed by atoms with E-state index in [4.69, 9.17) is 0 Å². The number of H-pyrrole nitrogens is 1. The minimum absolute atomic E-state index is 0.0630. The fraction of sp³-hybridized carbons (Fsp3) is 0.412. The van der Waals surface area contributed by atoms with E-state index in [0.29, 0.717) is 12.1 Å². The first-order valence-electron chi connectivity index (χ1n) is 8.07. The van der Waals surface area contributed by atoms with Crippen LogP contribution in [0.4, 0.5) is 0 Å². The summed E-state index contributed by atoms with van der Waals surface area (Å²) in [6.45, 7) is 2.17. The summed E-state index contributed by atoms with van der Waals surface area (Å²) in [7, 11) is 0. The molecule has 7 heteroatoms. The summed E-state index contributed by atoms with van der Waals surface area (Å²) in [5.74, 6) is -0.140. The lowest BCUT2D eigenvalue weighted by molar-refractivity contribution is -0.135. The second-order valence-corrected chi connectivity index (χ2v) is 6.05. The topological polar surface area (TPSA) is 88.1 Å². The molecule has 3 heterocycles. The van der Waals surface area contributed by atoms with E-state index >= 15 is 0 Å². The minimum Gasteiger partial charge on any atom is -0.333 e. The Bertz CT molecular complexity index is 841. The van der Waals surface area contributed by atoms with Gasteiger partial charge in [-0.1, -0.05) is 6.07 Å². The van der Waals surface area contributed by atoms with Crippen LogP contribution in [0.1, 0.15) is 36.6 Å². The zero-order valence-electron chi connectivity index (χ0n) is 13.6. The number of likely N-dealkylation sites (tertiary alicyclic amines) is 1. The molecule has 3 rings (SSSR count). The van der Waals surface area contributed by atoms with E-state index in [1.54, 1.807) is 18.0 Å². The SMILES string of the molecule is Cc1cn(CC(=O)N2CCCCC2c2ccccn2)c(=O)[nH]c1=O. The van der Waals surface area contributed by atoms with Crippen molar-refractivity contribution in [1.82, 2.24) is 19.4 Å². The molecule has 7 nitrogen and oxygen atoms in total. The minimum atomic E-state index is -0.564. The summed E-state index contributed by atoms with van der Waals surface area (Å²) < 4.78 is 1.25. The van der Waals surface area contributed by atoms with E-state index in [9.17, 15) is 14.4 Å². The summed E-state index contributed by atoms with van der Waals surface area (Å²) in [5, 5.41) is 0. The van der Waals surface area contributed by atoms with Gasteiger partial charge in [-0.25, -0.2) is 4.79 Å². The van der Waals surface area contributed by atoms with Gasteiger partial charge in [0.15, 0.2) is 0 Å². The molecule has 1 saturated heterocycles. The maximum Gasteiger partial charge on any atom is 0.328 e. The Hall–Kier alpha value is -2.70. The quantitative estimate of drug-likeness (QED) is 0.910. The van der Waals surface area contributed by atoms with Crippen molar-refractivity contribution in [3.8, 4) is 0 Å². The van der Waals surface area contributed by atoms with Crippen molar-refractivity contribution < 1.29 is 4.79 Å². The monoisotopic (exact) mass is 328 g/mol. The Labute approximate surface area is 139 Å². The number of rotatable bonds is 3. The number of carbonyl (C=O) groups is 1. The van der Waals surface area contributed by atoms with Crippen LogP contribution in [-0.4, -0.2) is 31.9 Å². The van der Waals surface area contributed by atoms with Crippen molar-refractivity contribution in [2.45, 2.75) is 38.8 Å². The number of carbonyl (C=O) groups excluding carboxylic acids is 1. The van der Waals surface area contributed by atoms with Gasteiger partial charge in [-0.3, -0.25) is 24.1 Å². The number of amides is 1. The van der Waals surface area contributed by atoms with Crippen LogP contribution in [0.25, 0.3) is 0 Å². The number of hydrogen-bond acceptors (Lipinski definition) is 4. The number of nitrogens with one attached hydrogen (secondary N) is 1. The van der Waals surface area contributed by atoms with E-state index in [1.807, 2.05) is 18.2 Å². The predicted molar refractivity (Wildman–Crippen MR) is 88.6 cm³/mol. The smallest absolute Gasteiger partial charge is 0.328 e. The Balaban J connectivity index is 1.84. The van der Waals surface area contributed by atoms with Crippen molar-refractivity contribution in [2.75, 3.05) is 6.54 Å². The van der Waals surface area contributed by atoms with Crippen molar-refractivity contribution in [1.29, 1.82) is 0 Å². The van der Waals surface area contributed by atoms with Crippen molar-refractivity contribution >= 4 is 5.91 Å². The largest absolute Gasteiger partial charge is 0.333 e. The summed E-state index contributed by atoms with van der Waals surface area (Å²) in [6, 6.07) is 5.62. The molecule has 1 aliphatic rings. The second kappa shape index (κ2) is 6.82. The van der Waals surface area contributed by atoms with Crippen LogP contribution >= 0.6 is 0 Å². The van der Waals surface area contributed by atoms with Crippen molar-refractivity contribution in [2.24, 2.45) is 0 Å². The highest BCUT2D eigenvalue weighted by atomic mass is 16.2. The molecular weight excluding hydrogens is 308 g/mol. The Morgan fingerprint density at radius 1 is 1.33 bits per heavy atom. The average molecular weight is 328 g/mol. The number of piperidine rings is 1. The summed E-state index contributed by atoms with van der Waals surface area (Å²) in [4.78, 5) is 44.5. The number of aromatic nitrogens is 3. The van der Waals surface area contributed by atoms with Crippen LogP contribution in [0.5, 0.6) is 0 Å². The van der Waals surface area contributed by atoms with Crippen LogP contribution in [-0.2, 0) is 11.3 Å². The maximum atomic E-state index is 12.7. The molecule has 0 bridgehead atoms. The van der Waals surface area contributed by atoms with Gasteiger partial charge in [0.1, 0.15) is 6.54 Å². The summed E-state index contributed by atoms with van der Waals surface area (Å²) in [5.41, 5.74) is 0.288. The molecule has 1 atom stereocenters. The molecule has 0 aromatic carbocycles.